The largest absolute Gasteiger partial charge is 0.422 e. The van der Waals surface area contributed by atoms with E-state index in [9.17, 15) is 9.59 Å². The molecular formula is C18H22O4. The highest BCUT2D eigenvalue weighted by Crippen LogP contribution is 2.33. The molecule has 22 heavy (non-hydrogen) atoms. The van der Waals surface area contributed by atoms with E-state index in [2.05, 4.69) is 0 Å². The molecule has 2 aliphatic rings. The van der Waals surface area contributed by atoms with E-state index < -0.39 is 0 Å². The maximum absolute atomic E-state index is 12.1. The molecule has 0 atom stereocenters. The van der Waals surface area contributed by atoms with Crippen LogP contribution in [-0.2, 0) is 9.59 Å². The Morgan fingerprint density at radius 2 is 1.09 bits per heavy atom. The van der Waals surface area contributed by atoms with Crippen LogP contribution < -0.4 is 9.47 Å². The summed E-state index contributed by atoms with van der Waals surface area (Å²) in [5, 5.41) is 0. The van der Waals surface area contributed by atoms with Gasteiger partial charge in [-0.2, -0.15) is 0 Å². The van der Waals surface area contributed by atoms with E-state index in [4.69, 9.17) is 9.47 Å². The number of carbonyl (C=O) groups is 2. The molecule has 0 unspecified atom stereocenters. The Morgan fingerprint density at radius 3 is 1.45 bits per heavy atom. The minimum absolute atomic E-state index is 0.0152. The van der Waals surface area contributed by atoms with Gasteiger partial charge in [-0.15, -0.1) is 0 Å². The van der Waals surface area contributed by atoms with Gasteiger partial charge < -0.3 is 9.47 Å². The molecule has 0 bridgehead atoms. The third-order valence-corrected chi connectivity index (χ3v) is 4.65. The Labute approximate surface area is 130 Å². The second-order valence-electron chi connectivity index (χ2n) is 6.25. The average molecular weight is 302 g/mol. The zero-order valence-corrected chi connectivity index (χ0v) is 12.8. The van der Waals surface area contributed by atoms with Crippen molar-refractivity contribution in [2.24, 2.45) is 11.8 Å². The van der Waals surface area contributed by atoms with Gasteiger partial charge in [-0.25, -0.2) is 0 Å². The standard InChI is InChI=1S/C18H22O4/c19-17(13-7-1-2-8-13)21-15-11-5-6-12-16(15)22-18(20)14-9-3-4-10-14/h5-6,11-14H,1-4,7-10H2. The normalized spacial score (nSPS) is 19.3. The summed E-state index contributed by atoms with van der Waals surface area (Å²) in [5.74, 6) is 0.261. The molecule has 0 amide bonds. The topological polar surface area (TPSA) is 52.6 Å². The molecule has 0 aliphatic heterocycles. The van der Waals surface area contributed by atoms with Crippen LogP contribution in [0.25, 0.3) is 0 Å². The summed E-state index contributed by atoms with van der Waals surface area (Å²) >= 11 is 0. The number of benzene rings is 1. The van der Waals surface area contributed by atoms with Gasteiger partial charge in [0.15, 0.2) is 11.5 Å². The number of carbonyl (C=O) groups excluding carboxylic acids is 2. The predicted octanol–water partition coefficient (Wildman–Crippen LogP) is 3.88. The van der Waals surface area contributed by atoms with Crippen LogP contribution in [0.5, 0.6) is 11.5 Å². The zero-order valence-electron chi connectivity index (χ0n) is 12.8. The maximum atomic E-state index is 12.1. The van der Waals surface area contributed by atoms with Crippen molar-refractivity contribution in [1.82, 2.24) is 0 Å². The van der Waals surface area contributed by atoms with E-state index >= 15 is 0 Å². The second kappa shape index (κ2) is 6.95. The van der Waals surface area contributed by atoms with Crippen LogP contribution in [0, 0.1) is 11.8 Å². The molecule has 0 saturated heterocycles. The lowest BCUT2D eigenvalue weighted by Gasteiger charge is -2.14. The highest BCUT2D eigenvalue weighted by molar-refractivity contribution is 5.78. The number of esters is 2. The Bertz CT molecular complexity index is 491. The number of hydrogen-bond donors (Lipinski definition) is 0. The van der Waals surface area contributed by atoms with Crippen LogP contribution in [0.3, 0.4) is 0 Å². The van der Waals surface area contributed by atoms with Gasteiger partial charge in [0.2, 0.25) is 0 Å². The predicted molar refractivity (Wildman–Crippen MR) is 81.6 cm³/mol. The third-order valence-electron chi connectivity index (χ3n) is 4.65. The molecule has 1 aromatic rings. The summed E-state index contributed by atoms with van der Waals surface area (Å²) in [4.78, 5) is 24.3. The third kappa shape index (κ3) is 3.49. The van der Waals surface area contributed by atoms with Crippen molar-refractivity contribution < 1.29 is 19.1 Å². The summed E-state index contributed by atoms with van der Waals surface area (Å²) in [7, 11) is 0. The minimum atomic E-state index is -0.207. The summed E-state index contributed by atoms with van der Waals surface area (Å²) in [5.41, 5.74) is 0. The van der Waals surface area contributed by atoms with E-state index in [0.717, 1.165) is 51.4 Å². The van der Waals surface area contributed by atoms with Gasteiger partial charge in [-0.1, -0.05) is 37.8 Å². The first-order chi connectivity index (χ1) is 10.7. The number of hydrogen-bond acceptors (Lipinski definition) is 4. The molecule has 2 saturated carbocycles. The summed E-state index contributed by atoms with van der Waals surface area (Å²) in [6.45, 7) is 0. The first kappa shape index (κ1) is 15.1. The number of ether oxygens (including phenoxy) is 2. The Balaban J connectivity index is 1.66. The fourth-order valence-electron chi connectivity index (χ4n) is 3.33. The van der Waals surface area contributed by atoms with Crippen LogP contribution in [-0.4, -0.2) is 11.9 Å². The van der Waals surface area contributed by atoms with E-state index in [-0.39, 0.29) is 23.8 Å². The van der Waals surface area contributed by atoms with Gasteiger partial charge >= 0.3 is 11.9 Å². The fraction of sp³-hybridized carbons (Fsp3) is 0.556. The molecular weight excluding hydrogens is 280 g/mol. The lowest BCUT2D eigenvalue weighted by Crippen LogP contribution is -2.20. The zero-order chi connectivity index (χ0) is 15.4. The minimum Gasteiger partial charge on any atom is -0.422 e. The van der Waals surface area contributed by atoms with Gasteiger partial charge in [0.05, 0.1) is 11.8 Å². The lowest BCUT2D eigenvalue weighted by molar-refractivity contribution is -0.141. The molecule has 4 nitrogen and oxygen atoms in total. The molecule has 3 rings (SSSR count). The van der Waals surface area contributed by atoms with Gasteiger partial charge in [0.25, 0.3) is 0 Å². The van der Waals surface area contributed by atoms with Gasteiger partial charge in [0.1, 0.15) is 0 Å². The smallest absolute Gasteiger partial charge is 0.314 e. The monoisotopic (exact) mass is 302 g/mol. The molecule has 0 heterocycles. The van der Waals surface area contributed by atoms with Crippen molar-refractivity contribution >= 4 is 11.9 Å². The van der Waals surface area contributed by atoms with Crippen molar-refractivity contribution in [3.63, 3.8) is 0 Å². The molecule has 0 radical (unpaired) electrons. The summed E-state index contributed by atoms with van der Waals surface area (Å²) < 4.78 is 11.0. The Kier molecular flexibility index (Phi) is 4.76. The maximum Gasteiger partial charge on any atom is 0.314 e. The van der Waals surface area contributed by atoms with Crippen molar-refractivity contribution in [3.05, 3.63) is 24.3 Å². The number of para-hydroxylation sites is 2. The summed E-state index contributed by atoms with van der Waals surface area (Å²) in [6, 6.07) is 6.93. The van der Waals surface area contributed by atoms with Gasteiger partial charge in [-0.3, -0.25) is 9.59 Å². The van der Waals surface area contributed by atoms with Crippen LogP contribution in [0.4, 0.5) is 0 Å². The van der Waals surface area contributed by atoms with Crippen LogP contribution >= 0.6 is 0 Å². The van der Waals surface area contributed by atoms with Crippen molar-refractivity contribution in [1.29, 1.82) is 0 Å². The Morgan fingerprint density at radius 1 is 0.727 bits per heavy atom. The fourth-order valence-corrected chi connectivity index (χ4v) is 3.33. The van der Waals surface area contributed by atoms with Crippen LogP contribution in [0.15, 0.2) is 24.3 Å². The van der Waals surface area contributed by atoms with Crippen LogP contribution in [0.2, 0.25) is 0 Å². The van der Waals surface area contributed by atoms with Crippen LogP contribution in [0.1, 0.15) is 51.4 Å². The van der Waals surface area contributed by atoms with E-state index in [0.29, 0.717) is 11.5 Å². The molecule has 0 spiro atoms. The quantitative estimate of drug-likeness (QED) is 0.625. The highest BCUT2D eigenvalue weighted by atomic mass is 16.6. The SMILES string of the molecule is O=C(Oc1ccccc1OC(=O)C1CCCC1)C1CCCC1. The first-order valence-electron chi connectivity index (χ1n) is 8.26. The van der Waals surface area contributed by atoms with E-state index in [1.807, 2.05) is 0 Å². The van der Waals surface area contributed by atoms with Crippen molar-refractivity contribution in [2.45, 2.75) is 51.4 Å². The number of rotatable bonds is 4. The molecule has 118 valence electrons. The highest BCUT2D eigenvalue weighted by Gasteiger charge is 2.27. The van der Waals surface area contributed by atoms with Gasteiger partial charge in [-0.05, 0) is 37.8 Å². The lowest BCUT2D eigenvalue weighted by atomic mass is 10.1. The van der Waals surface area contributed by atoms with Crippen molar-refractivity contribution in [3.8, 4) is 11.5 Å². The van der Waals surface area contributed by atoms with E-state index in [1.165, 1.54) is 0 Å². The average Bonchev–Trinajstić information content (AvgIpc) is 3.23. The second-order valence-corrected chi connectivity index (χ2v) is 6.25. The summed E-state index contributed by atoms with van der Waals surface area (Å²) in [6.07, 6.45) is 7.89. The Hall–Kier alpha value is -1.84. The van der Waals surface area contributed by atoms with Crippen molar-refractivity contribution in [2.75, 3.05) is 0 Å². The first-order valence-corrected chi connectivity index (χ1v) is 8.26. The molecule has 0 aromatic heterocycles. The molecule has 1 aromatic carbocycles. The molecule has 2 fully saturated rings. The molecule has 4 heteroatoms. The molecule has 0 N–H and O–H groups in total. The van der Waals surface area contributed by atoms with E-state index in [1.54, 1.807) is 24.3 Å². The molecule has 2 aliphatic carbocycles. The van der Waals surface area contributed by atoms with Gasteiger partial charge in [0, 0.05) is 0 Å².